The zero-order chi connectivity index (χ0) is 16.1. The van der Waals surface area contributed by atoms with E-state index in [1.165, 1.54) is 12.5 Å². The van der Waals surface area contributed by atoms with E-state index >= 15 is 0 Å². The van der Waals surface area contributed by atoms with Crippen molar-refractivity contribution in [2.75, 3.05) is 6.61 Å². The average molecular weight is 325 g/mol. The van der Waals surface area contributed by atoms with Crippen LogP contribution >= 0.6 is 11.6 Å². The summed E-state index contributed by atoms with van der Waals surface area (Å²) >= 11 is 5.83. The highest BCUT2D eigenvalue weighted by atomic mass is 35.5. The van der Waals surface area contributed by atoms with Crippen molar-refractivity contribution < 1.29 is 14.3 Å². The highest BCUT2D eigenvalue weighted by Gasteiger charge is 2.23. The van der Waals surface area contributed by atoms with Gasteiger partial charge in [-0.2, -0.15) is 0 Å². The van der Waals surface area contributed by atoms with Crippen LogP contribution in [-0.2, 0) is 4.79 Å². The maximum absolute atomic E-state index is 12.0. The molecule has 0 radical (unpaired) electrons. The Morgan fingerprint density at radius 2 is 2.09 bits per heavy atom. The Kier molecular flexibility index (Phi) is 5.66. The molecule has 1 fully saturated rings. The largest absolute Gasteiger partial charge is 0.483 e. The molecule has 1 aromatic carbocycles. The Balaban J connectivity index is 1.92. The second kappa shape index (κ2) is 7.49. The second-order valence-corrected chi connectivity index (χ2v) is 6.17. The van der Waals surface area contributed by atoms with Gasteiger partial charge in [-0.1, -0.05) is 31.4 Å². The monoisotopic (exact) mass is 324 g/mol. The smallest absolute Gasteiger partial charge is 0.258 e. The summed E-state index contributed by atoms with van der Waals surface area (Å²) in [5, 5.41) is 3.38. The molecule has 1 aromatic rings. The lowest BCUT2D eigenvalue weighted by atomic mass is 9.86. The molecule has 22 heavy (non-hydrogen) atoms. The standard InChI is InChI=1S/C16H21ClN2O3/c1-10-4-2-3-5-13(10)19-15(20)9-22-14-7-6-11(17)8-12(14)16(18)21/h6-8,10,13H,2-5,9H2,1H3,(H2,18,21)(H,19,20)/t10-,13-/m1/s1. The quantitative estimate of drug-likeness (QED) is 0.873. The number of carbonyl (C=O) groups is 2. The van der Waals surface area contributed by atoms with E-state index in [1.807, 2.05) is 0 Å². The van der Waals surface area contributed by atoms with Crippen molar-refractivity contribution in [2.24, 2.45) is 11.7 Å². The molecule has 0 spiro atoms. The minimum absolute atomic E-state index is 0.148. The maximum atomic E-state index is 12.0. The summed E-state index contributed by atoms with van der Waals surface area (Å²) in [7, 11) is 0. The molecule has 0 aliphatic heterocycles. The van der Waals surface area contributed by atoms with Gasteiger partial charge in [0.25, 0.3) is 11.8 Å². The molecule has 0 aromatic heterocycles. The van der Waals surface area contributed by atoms with Crippen molar-refractivity contribution in [3.63, 3.8) is 0 Å². The molecule has 0 unspecified atom stereocenters. The number of nitrogens with two attached hydrogens (primary N) is 1. The molecule has 0 heterocycles. The summed E-state index contributed by atoms with van der Waals surface area (Å²) < 4.78 is 5.42. The van der Waals surface area contributed by atoms with Crippen LogP contribution < -0.4 is 15.8 Å². The van der Waals surface area contributed by atoms with Gasteiger partial charge in [-0.15, -0.1) is 0 Å². The Hall–Kier alpha value is -1.75. The summed E-state index contributed by atoms with van der Waals surface area (Å²) in [4.78, 5) is 23.4. The highest BCUT2D eigenvalue weighted by molar-refractivity contribution is 6.31. The van der Waals surface area contributed by atoms with Gasteiger partial charge in [0.2, 0.25) is 0 Å². The van der Waals surface area contributed by atoms with Crippen LogP contribution in [0.25, 0.3) is 0 Å². The van der Waals surface area contributed by atoms with Crippen molar-refractivity contribution in [1.29, 1.82) is 0 Å². The number of ether oxygens (including phenoxy) is 1. The molecule has 2 atom stereocenters. The van der Waals surface area contributed by atoms with Crippen LogP contribution in [0, 0.1) is 5.92 Å². The van der Waals surface area contributed by atoms with Crippen LogP contribution in [0.3, 0.4) is 0 Å². The minimum atomic E-state index is -0.640. The first-order valence-electron chi connectivity index (χ1n) is 7.49. The van der Waals surface area contributed by atoms with Crippen molar-refractivity contribution in [1.82, 2.24) is 5.32 Å². The van der Waals surface area contributed by atoms with E-state index in [1.54, 1.807) is 12.1 Å². The van der Waals surface area contributed by atoms with Gasteiger partial charge in [0.15, 0.2) is 6.61 Å². The minimum Gasteiger partial charge on any atom is -0.483 e. The number of benzene rings is 1. The first kappa shape index (κ1) is 16.6. The lowest BCUT2D eigenvalue weighted by molar-refractivity contribution is -0.124. The first-order valence-corrected chi connectivity index (χ1v) is 7.86. The molecular formula is C16H21ClN2O3. The third-order valence-corrected chi connectivity index (χ3v) is 4.26. The third kappa shape index (κ3) is 4.37. The molecule has 6 heteroatoms. The van der Waals surface area contributed by atoms with Crippen LogP contribution in [0.5, 0.6) is 5.75 Å². The molecular weight excluding hydrogens is 304 g/mol. The van der Waals surface area contributed by atoms with E-state index in [-0.39, 0.29) is 29.9 Å². The van der Waals surface area contributed by atoms with E-state index in [0.29, 0.717) is 10.9 Å². The van der Waals surface area contributed by atoms with E-state index in [4.69, 9.17) is 22.1 Å². The molecule has 2 amide bonds. The molecule has 5 nitrogen and oxygen atoms in total. The van der Waals surface area contributed by atoms with E-state index in [0.717, 1.165) is 19.3 Å². The Bertz CT molecular complexity index is 562. The second-order valence-electron chi connectivity index (χ2n) is 5.73. The van der Waals surface area contributed by atoms with Gasteiger partial charge in [0, 0.05) is 11.1 Å². The van der Waals surface area contributed by atoms with Gasteiger partial charge in [-0.05, 0) is 37.0 Å². The van der Waals surface area contributed by atoms with Gasteiger partial charge in [0.05, 0.1) is 5.56 Å². The van der Waals surface area contributed by atoms with Crippen molar-refractivity contribution in [3.8, 4) is 5.75 Å². The fourth-order valence-electron chi connectivity index (χ4n) is 2.74. The topological polar surface area (TPSA) is 81.4 Å². The predicted molar refractivity (Wildman–Crippen MR) is 85.0 cm³/mol. The van der Waals surface area contributed by atoms with Crippen molar-refractivity contribution in [3.05, 3.63) is 28.8 Å². The Morgan fingerprint density at radius 3 is 2.77 bits per heavy atom. The van der Waals surface area contributed by atoms with Gasteiger partial charge in [0.1, 0.15) is 5.75 Å². The normalized spacial score (nSPS) is 21.2. The zero-order valence-corrected chi connectivity index (χ0v) is 13.4. The molecule has 2 rings (SSSR count). The van der Waals surface area contributed by atoms with Crippen LogP contribution in [0.1, 0.15) is 43.0 Å². The van der Waals surface area contributed by atoms with Gasteiger partial charge < -0.3 is 15.8 Å². The number of rotatable bonds is 5. The lowest BCUT2D eigenvalue weighted by Crippen LogP contribution is -2.43. The molecule has 3 N–H and O–H groups in total. The number of nitrogens with one attached hydrogen (secondary N) is 1. The third-order valence-electron chi connectivity index (χ3n) is 4.02. The molecule has 0 bridgehead atoms. The van der Waals surface area contributed by atoms with E-state index in [9.17, 15) is 9.59 Å². The van der Waals surface area contributed by atoms with Crippen LogP contribution in [-0.4, -0.2) is 24.5 Å². The highest BCUT2D eigenvalue weighted by Crippen LogP contribution is 2.24. The number of primary amides is 1. The van der Waals surface area contributed by atoms with Gasteiger partial charge in [-0.25, -0.2) is 0 Å². The first-order chi connectivity index (χ1) is 10.5. The summed E-state index contributed by atoms with van der Waals surface area (Å²) in [5.74, 6) is -0.0823. The zero-order valence-electron chi connectivity index (χ0n) is 12.6. The summed E-state index contributed by atoms with van der Waals surface area (Å²) in [6, 6.07) is 4.76. The summed E-state index contributed by atoms with van der Waals surface area (Å²) in [6.45, 7) is 2.00. The fourth-order valence-corrected chi connectivity index (χ4v) is 2.92. The van der Waals surface area contributed by atoms with E-state index in [2.05, 4.69) is 12.2 Å². The summed E-state index contributed by atoms with van der Waals surface area (Å²) in [5.41, 5.74) is 5.45. The van der Waals surface area contributed by atoms with Crippen LogP contribution in [0.15, 0.2) is 18.2 Å². The average Bonchev–Trinajstić information content (AvgIpc) is 2.48. The SMILES string of the molecule is C[C@@H]1CCCC[C@H]1NC(=O)COc1ccc(Cl)cc1C(N)=O. The Morgan fingerprint density at radius 1 is 1.36 bits per heavy atom. The molecule has 1 aliphatic rings. The predicted octanol–water partition coefficient (Wildman–Crippen LogP) is 2.51. The molecule has 1 saturated carbocycles. The van der Waals surface area contributed by atoms with Crippen LogP contribution in [0.2, 0.25) is 5.02 Å². The van der Waals surface area contributed by atoms with Crippen LogP contribution in [0.4, 0.5) is 0 Å². The lowest BCUT2D eigenvalue weighted by Gasteiger charge is -2.29. The number of carbonyl (C=O) groups excluding carboxylic acids is 2. The molecule has 120 valence electrons. The van der Waals surface area contributed by atoms with Crippen molar-refractivity contribution >= 4 is 23.4 Å². The number of halogens is 1. The maximum Gasteiger partial charge on any atom is 0.258 e. The number of hydrogen-bond donors (Lipinski definition) is 2. The Labute approximate surface area is 135 Å². The van der Waals surface area contributed by atoms with Crippen molar-refractivity contribution in [2.45, 2.75) is 38.6 Å². The number of hydrogen-bond acceptors (Lipinski definition) is 3. The van der Waals surface area contributed by atoms with Gasteiger partial charge in [-0.3, -0.25) is 9.59 Å². The van der Waals surface area contributed by atoms with E-state index < -0.39 is 5.91 Å². The molecule has 0 saturated heterocycles. The summed E-state index contributed by atoms with van der Waals surface area (Å²) in [6.07, 6.45) is 4.49. The fraction of sp³-hybridized carbons (Fsp3) is 0.500. The van der Waals surface area contributed by atoms with Gasteiger partial charge >= 0.3 is 0 Å². The molecule has 1 aliphatic carbocycles. The number of amides is 2.